The Bertz CT molecular complexity index is 258. The smallest absolute Gasteiger partial charge is 0.0365 e. The molecule has 0 saturated carbocycles. The third-order valence-corrected chi connectivity index (χ3v) is 5.54. The van der Waals surface area contributed by atoms with Crippen molar-refractivity contribution >= 4 is 0 Å². The number of nitrogens with zero attached hydrogens (tertiary/aromatic N) is 2. The highest BCUT2D eigenvalue weighted by molar-refractivity contribution is 5.07. The van der Waals surface area contributed by atoms with Gasteiger partial charge >= 0.3 is 0 Å². The highest BCUT2D eigenvalue weighted by Gasteiger charge is 2.51. The summed E-state index contributed by atoms with van der Waals surface area (Å²) in [7, 11) is 0. The van der Waals surface area contributed by atoms with Gasteiger partial charge in [0.05, 0.1) is 0 Å². The first-order valence-electron chi connectivity index (χ1n) is 7.82. The van der Waals surface area contributed by atoms with Crippen molar-refractivity contribution in [2.45, 2.75) is 57.4 Å². The summed E-state index contributed by atoms with van der Waals surface area (Å²) >= 11 is 0. The molecule has 0 aromatic carbocycles. The molecule has 4 aliphatic rings. The highest BCUT2D eigenvalue weighted by Crippen LogP contribution is 2.45. The minimum absolute atomic E-state index is 0.615. The van der Waals surface area contributed by atoms with Crippen LogP contribution in [0.3, 0.4) is 0 Å². The van der Waals surface area contributed by atoms with Gasteiger partial charge in [-0.1, -0.05) is 19.8 Å². The van der Waals surface area contributed by atoms with E-state index in [0.29, 0.717) is 5.54 Å². The Kier molecular flexibility index (Phi) is 3.45. The van der Waals surface area contributed by atoms with Crippen LogP contribution in [-0.2, 0) is 0 Å². The lowest BCUT2D eigenvalue weighted by Gasteiger charge is -2.55. The number of likely N-dealkylation sites (tertiary alicyclic amines) is 1. The van der Waals surface area contributed by atoms with Crippen LogP contribution in [-0.4, -0.2) is 48.1 Å². The van der Waals surface area contributed by atoms with Crippen molar-refractivity contribution in [1.82, 2.24) is 9.80 Å². The maximum atomic E-state index is 2.89. The van der Waals surface area contributed by atoms with Crippen LogP contribution >= 0.6 is 0 Å². The van der Waals surface area contributed by atoms with Crippen LogP contribution in [0.1, 0.15) is 51.9 Å². The fourth-order valence-corrected chi connectivity index (χ4v) is 4.63. The molecule has 2 nitrogen and oxygen atoms in total. The summed E-state index contributed by atoms with van der Waals surface area (Å²) in [5.74, 6) is 1.02. The Morgan fingerprint density at radius 2 is 1.94 bits per heavy atom. The molecule has 4 saturated heterocycles. The monoisotopic (exact) mass is 236 g/mol. The lowest BCUT2D eigenvalue weighted by Crippen LogP contribution is -2.64. The summed E-state index contributed by atoms with van der Waals surface area (Å²) < 4.78 is 0. The van der Waals surface area contributed by atoms with E-state index in [1.54, 1.807) is 0 Å². The minimum atomic E-state index is 0.615. The molecule has 0 aliphatic carbocycles. The Balaban J connectivity index is 1.67. The Morgan fingerprint density at radius 3 is 2.59 bits per heavy atom. The summed E-state index contributed by atoms with van der Waals surface area (Å²) in [5, 5.41) is 0. The molecule has 4 rings (SSSR count). The van der Waals surface area contributed by atoms with Crippen LogP contribution in [0.25, 0.3) is 0 Å². The molecule has 0 aromatic rings. The number of piperidine rings is 3. The Labute approximate surface area is 106 Å². The van der Waals surface area contributed by atoms with Crippen LogP contribution < -0.4 is 0 Å². The molecule has 0 amide bonds. The van der Waals surface area contributed by atoms with Gasteiger partial charge in [-0.15, -0.1) is 0 Å². The Morgan fingerprint density at radius 1 is 1.12 bits per heavy atom. The second-order valence-corrected chi connectivity index (χ2v) is 6.45. The minimum Gasteiger partial charge on any atom is -0.301 e. The lowest BCUT2D eigenvalue weighted by molar-refractivity contribution is -0.0511. The molecule has 2 heteroatoms. The second-order valence-electron chi connectivity index (χ2n) is 6.45. The van der Waals surface area contributed by atoms with Crippen molar-refractivity contribution < 1.29 is 0 Å². The maximum Gasteiger partial charge on any atom is 0.0365 e. The molecule has 98 valence electrons. The summed E-state index contributed by atoms with van der Waals surface area (Å²) in [6, 6.07) is 0. The fraction of sp³-hybridized carbons (Fsp3) is 1.00. The average molecular weight is 236 g/mol. The number of unbranched alkanes of at least 4 members (excludes halogenated alkanes) is 2. The molecule has 1 spiro atoms. The predicted octanol–water partition coefficient (Wildman–Crippen LogP) is 2.74. The molecular weight excluding hydrogens is 208 g/mol. The Hall–Kier alpha value is -0.0800. The molecule has 4 heterocycles. The number of hydrogen-bond donors (Lipinski definition) is 0. The molecule has 1 atom stereocenters. The van der Waals surface area contributed by atoms with Crippen LogP contribution in [0.4, 0.5) is 0 Å². The topological polar surface area (TPSA) is 6.48 Å². The van der Waals surface area contributed by atoms with Gasteiger partial charge in [0.15, 0.2) is 0 Å². The van der Waals surface area contributed by atoms with Gasteiger partial charge < -0.3 is 4.90 Å². The van der Waals surface area contributed by atoms with Gasteiger partial charge in [0.25, 0.3) is 0 Å². The molecular formula is C15H28N2. The van der Waals surface area contributed by atoms with E-state index in [1.165, 1.54) is 77.7 Å². The molecule has 4 fully saturated rings. The number of fused-ring (bicyclic) bond motifs is 2. The molecule has 2 bridgehead atoms. The van der Waals surface area contributed by atoms with Gasteiger partial charge in [0, 0.05) is 12.1 Å². The van der Waals surface area contributed by atoms with Crippen molar-refractivity contribution in [2.24, 2.45) is 5.92 Å². The van der Waals surface area contributed by atoms with Crippen molar-refractivity contribution in [1.29, 1.82) is 0 Å². The quantitative estimate of drug-likeness (QED) is 0.693. The third kappa shape index (κ3) is 2.04. The summed E-state index contributed by atoms with van der Waals surface area (Å²) in [6.07, 6.45) is 10.1. The molecule has 1 unspecified atom stereocenters. The molecule has 4 aliphatic heterocycles. The zero-order valence-electron chi connectivity index (χ0n) is 11.5. The van der Waals surface area contributed by atoms with Crippen molar-refractivity contribution in [3.63, 3.8) is 0 Å². The summed E-state index contributed by atoms with van der Waals surface area (Å²) in [5.41, 5.74) is 0.615. The van der Waals surface area contributed by atoms with E-state index < -0.39 is 0 Å². The van der Waals surface area contributed by atoms with Gasteiger partial charge in [0.2, 0.25) is 0 Å². The standard InChI is InChI=1S/C15H28N2/c1-2-3-4-9-17-10-5-8-15(17)13-16-11-6-14(15)7-12-16/h14H,2-13H2,1H3. The van der Waals surface area contributed by atoms with Crippen LogP contribution in [0, 0.1) is 5.92 Å². The van der Waals surface area contributed by atoms with E-state index >= 15 is 0 Å². The summed E-state index contributed by atoms with van der Waals surface area (Å²) in [6.45, 7) is 9.23. The average Bonchev–Trinajstić information content (AvgIpc) is 2.74. The van der Waals surface area contributed by atoms with Gasteiger partial charge in [-0.3, -0.25) is 4.90 Å². The van der Waals surface area contributed by atoms with E-state index in [0.717, 1.165) is 5.92 Å². The summed E-state index contributed by atoms with van der Waals surface area (Å²) in [4.78, 5) is 5.62. The molecule has 17 heavy (non-hydrogen) atoms. The van der Waals surface area contributed by atoms with E-state index in [1.807, 2.05) is 0 Å². The highest BCUT2D eigenvalue weighted by atomic mass is 15.3. The first-order chi connectivity index (χ1) is 8.35. The molecule has 0 aromatic heterocycles. The van der Waals surface area contributed by atoms with Gasteiger partial charge in [-0.2, -0.15) is 0 Å². The third-order valence-electron chi connectivity index (χ3n) is 5.54. The van der Waals surface area contributed by atoms with E-state index in [2.05, 4.69) is 16.7 Å². The van der Waals surface area contributed by atoms with Crippen LogP contribution in [0.2, 0.25) is 0 Å². The van der Waals surface area contributed by atoms with Gasteiger partial charge in [-0.25, -0.2) is 0 Å². The number of hydrogen-bond acceptors (Lipinski definition) is 2. The van der Waals surface area contributed by atoms with Gasteiger partial charge in [-0.05, 0) is 64.2 Å². The van der Waals surface area contributed by atoms with E-state index in [-0.39, 0.29) is 0 Å². The first kappa shape index (κ1) is 12.0. The SMILES string of the molecule is CCCCCN1CCCC12CN1CCC2CC1. The van der Waals surface area contributed by atoms with Crippen molar-refractivity contribution in [2.75, 3.05) is 32.7 Å². The predicted molar refractivity (Wildman–Crippen MR) is 72.2 cm³/mol. The normalized spacial score (nSPS) is 41.5. The van der Waals surface area contributed by atoms with Crippen molar-refractivity contribution in [3.8, 4) is 0 Å². The first-order valence-corrected chi connectivity index (χ1v) is 7.82. The van der Waals surface area contributed by atoms with Crippen molar-refractivity contribution in [3.05, 3.63) is 0 Å². The lowest BCUT2D eigenvalue weighted by atomic mass is 9.71. The fourth-order valence-electron chi connectivity index (χ4n) is 4.63. The van der Waals surface area contributed by atoms with E-state index in [4.69, 9.17) is 0 Å². The van der Waals surface area contributed by atoms with E-state index in [9.17, 15) is 0 Å². The largest absolute Gasteiger partial charge is 0.301 e. The second kappa shape index (κ2) is 4.89. The van der Waals surface area contributed by atoms with Crippen LogP contribution in [0.5, 0.6) is 0 Å². The number of rotatable bonds is 4. The molecule has 0 radical (unpaired) electrons. The molecule has 0 N–H and O–H groups in total. The van der Waals surface area contributed by atoms with Crippen LogP contribution in [0.15, 0.2) is 0 Å². The maximum absolute atomic E-state index is 2.89. The van der Waals surface area contributed by atoms with Gasteiger partial charge in [0.1, 0.15) is 0 Å². The zero-order valence-corrected chi connectivity index (χ0v) is 11.5. The zero-order chi connectivity index (χ0) is 11.7.